The summed E-state index contributed by atoms with van der Waals surface area (Å²) in [6, 6.07) is 8.91. The number of pyridine rings is 1. The highest BCUT2D eigenvalue weighted by Crippen LogP contribution is 2.39. The highest BCUT2D eigenvalue weighted by molar-refractivity contribution is 6.32. The lowest BCUT2D eigenvalue weighted by molar-refractivity contribution is 0.629. The number of para-hydroxylation sites is 1. The molecular weight excluding hydrogens is 393 g/mol. The van der Waals surface area contributed by atoms with Crippen LogP contribution in [0.5, 0.6) is 0 Å². The normalized spacial score (nSPS) is 13.4. The standard InChI is InChI=1S/C20H13ClFN7/c21-14-3-1-2-12(7-23)19(14)29-9-13-18(28-29)15(22)8-24-20(13)27-17-6-16(11-4-5-11)25-10-26-17/h1-3,6,8-11H,4-5H2,(H,24,25,26,27). The van der Waals surface area contributed by atoms with E-state index in [1.807, 2.05) is 6.07 Å². The van der Waals surface area contributed by atoms with E-state index >= 15 is 0 Å². The molecule has 0 radical (unpaired) electrons. The van der Waals surface area contributed by atoms with Crippen LogP contribution in [-0.2, 0) is 0 Å². The van der Waals surface area contributed by atoms with Crippen LogP contribution in [0.15, 0.2) is 43.0 Å². The van der Waals surface area contributed by atoms with E-state index in [9.17, 15) is 9.65 Å². The number of nitriles is 1. The van der Waals surface area contributed by atoms with Crippen LogP contribution in [0, 0.1) is 17.1 Å². The maximum Gasteiger partial charge on any atom is 0.169 e. The predicted octanol–water partition coefficient (Wildman–Crippen LogP) is 4.50. The van der Waals surface area contributed by atoms with E-state index in [1.54, 1.807) is 24.4 Å². The Balaban J connectivity index is 1.61. The number of anilines is 2. The Bertz CT molecular complexity index is 1290. The lowest BCUT2D eigenvalue weighted by Gasteiger charge is -2.07. The molecule has 1 aliphatic rings. The predicted molar refractivity (Wildman–Crippen MR) is 106 cm³/mol. The smallest absolute Gasteiger partial charge is 0.169 e. The molecule has 1 N–H and O–H groups in total. The quantitative estimate of drug-likeness (QED) is 0.537. The number of benzene rings is 1. The number of fused-ring (bicyclic) bond motifs is 1. The first kappa shape index (κ1) is 17.5. The Labute approximate surface area is 169 Å². The van der Waals surface area contributed by atoms with Crippen LogP contribution in [0.1, 0.15) is 30.0 Å². The number of hydrogen-bond acceptors (Lipinski definition) is 6. The third kappa shape index (κ3) is 3.15. The molecule has 3 heterocycles. The number of nitrogens with zero attached hydrogens (tertiary/aromatic N) is 6. The van der Waals surface area contributed by atoms with Crippen molar-refractivity contribution in [2.45, 2.75) is 18.8 Å². The zero-order valence-corrected chi connectivity index (χ0v) is 15.7. The van der Waals surface area contributed by atoms with E-state index in [0.29, 0.717) is 39.2 Å². The highest BCUT2D eigenvalue weighted by Gasteiger charge is 2.25. The zero-order valence-electron chi connectivity index (χ0n) is 15.0. The molecule has 1 aliphatic carbocycles. The van der Waals surface area contributed by atoms with Gasteiger partial charge in [-0.25, -0.2) is 24.0 Å². The molecule has 1 saturated carbocycles. The number of rotatable bonds is 4. The molecule has 1 aromatic carbocycles. The van der Waals surface area contributed by atoms with Gasteiger partial charge >= 0.3 is 0 Å². The van der Waals surface area contributed by atoms with Gasteiger partial charge in [0.15, 0.2) is 5.82 Å². The maximum absolute atomic E-state index is 14.4. The van der Waals surface area contributed by atoms with Crippen molar-refractivity contribution in [3.8, 4) is 11.8 Å². The van der Waals surface area contributed by atoms with Gasteiger partial charge in [-0.3, -0.25) is 0 Å². The molecule has 4 aromatic rings. The molecule has 29 heavy (non-hydrogen) atoms. The summed E-state index contributed by atoms with van der Waals surface area (Å²) in [7, 11) is 0. The average molecular weight is 406 g/mol. The van der Waals surface area contributed by atoms with Crippen LogP contribution >= 0.6 is 11.6 Å². The number of nitrogens with one attached hydrogen (secondary N) is 1. The van der Waals surface area contributed by atoms with Crippen molar-refractivity contribution in [3.05, 3.63) is 65.1 Å². The number of hydrogen-bond donors (Lipinski definition) is 1. The van der Waals surface area contributed by atoms with Crippen LogP contribution in [0.25, 0.3) is 16.6 Å². The van der Waals surface area contributed by atoms with Crippen LogP contribution in [0.4, 0.5) is 16.0 Å². The summed E-state index contributed by atoms with van der Waals surface area (Å²) < 4.78 is 15.8. The monoisotopic (exact) mass is 405 g/mol. The largest absolute Gasteiger partial charge is 0.324 e. The second-order valence-corrected chi connectivity index (χ2v) is 7.17. The summed E-state index contributed by atoms with van der Waals surface area (Å²) in [4.78, 5) is 12.7. The molecule has 142 valence electrons. The van der Waals surface area contributed by atoms with Crippen LogP contribution < -0.4 is 5.32 Å². The summed E-state index contributed by atoms with van der Waals surface area (Å²) in [5.74, 6) is 0.882. The molecule has 9 heteroatoms. The molecule has 0 saturated heterocycles. The Morgan fingerprint density at radius 3 is 2.90 bits per heavy atom. The van der Waals surface area contributed by atoms with E-state index in [0.717, 1.165) is 24.7 Å². The fourth-order valence-electron chi connectivity index (χ4n) is 3.19. The Morgan fingerprint density at radius 2 is 2.10 bits per heavy atom. The maximum atomic E-state index is 14.4. The molecule has 0 unspecified atom stereocenters. The van der Waals surface area contributed by atoms with Crippen molar-refractivity contribution in [2.24, 2.45) is 0 Å². The third-order valence-corrected chi connectivity index (χ3v) is 5.07. The van der Waals surface area contributed by atoms with Gasteiger partial charge in [-0.15, -0.1) is 0 Å². The van der Waals surface area contributed by atoms with E-state index < -0.39 is 5.82 Å². The second-order valence-electron chi connectivity index (χ2n) is 6.77. The minimum Gasteiger partial charge on any atom is -0.324 e. The van der Waals surface area contributed by atoms with Crippen molar-refractivity contribution in [2.75, 3.05) is 5.32 Å². The molecule has 0 atom stereocenters. The van der Waals surface area contributed by atoms with Gasteiger partial charge in [0.25, 0.3) is 0 Å². The summed E-state index contributed by atoms with van der Waals surface area (Å²) >= 11 is 6.28. The zero-order chi connectivity index (χ0) is 20.0. The van der Waals surface area contributed by atoms with E-state index in [-0.39, 0.29) is 5.52 Å². The van der Waals surface area contributed by atoms with E-state index in [1.165, 1.54) is 11.0 Å². The number of halogens is 2. The molecule has 0 aliphatic heterocycles. The van der Waals surface area contributed by atoms with Crippen LogP contribution in [-0.4, -0.2) is 24.7 Å². The van der Waals surface area contributed by atoms with Gasteiger partial charge in [0.1, 0.15) is 35.2 Å². The Hall–Kier alpha value is -3.57. The van der Waals surface area contributed by atoms with Crippen LogP contribution in [0.2, 0.25) is 5.02 Å². The molecule has 0 amide bonds. The van der Waals surface area contributed by atoms with Crippen molar-refractivity contribution in [1.29, 1.82) is 5.26 Å². The summed E-state index contributed by atoms with van der Waals surface area (Å²) in [5, 5.41) is 17.6. The molecule has 0 spiro atoms. The van der Waals surface area contributed by atoms with Crippen molar-refractivity contribution >= 4 is 34.1 Å². The molecule has 0 bridgehead atoms. The topological polar surface area (TPSA) is 92.3 Å². The van der Waals surface area contributed by atoms with Crippen molar-refractivity contribution in [3.63, 3.8) is 0 Å². The number of aromatic nitrogens is 5. The molecular formula is C20H13ClFN7. The van der Waals surface area contributed by atoms with Gasteiger partial charge in [0, 0.05) is 23.9 Å². The molecule has 1 fully saturated rings. The van der Waals surface area contributed by atoms with Gasteiger partial charge in [0.2, 0.25) is 0 Å². The minimum atomic E-state index is -0.573. The average Bonchev–Trinajstić information content (AvgIpc) is 3.49. The van der Waals surface area contributed by atoms with E-state index in [4.69, 9.17) is 11.6 Å². The van der Waals surface area contributed by atoms with Gasteiger partial charge < -0.3 is 5.32 Å². The van der Waals surface area contributed by atoms with Gasteiger partial charge in [-0.1, -0.05) is 17.7 Å². The SMILES string of the molecule is N#Cc1cccc(Cl)c1-n1cc2c(Nc3cc(C4CC4)ncn3)ncc(F)c2n1. The highest BCUT2D eigenvalue weighted by atomic mass is 35.5. The van der Waals surface area contributed by atoms with Crippen molar-refractivity contribution in [1.82, 2.24) is 24.7 Å². The van der Waals surface area contributed by atoms with Crippen molar-refractivity contribution < 1.29 is 4.39 Å². The van der Waals surface area contributed by atoms with Gasteiger partial charge in [0.05, 0.1) is 22.2 Å². The lowest BCUT2D eigenvalue weighted by Crippen LogP contribution is -1.99. The first-order chi connectivity index (χ1) is 14.1. The summed E-state index contributed by atoms with van der Waals surface area (Å²) in [6.45, 7) is 0. The second kappa shape index (κ2) is 6.79. The van der Waals surface area contributed by atoms with Crippen LogP contribution in [0.3, 0.4) is 0 Å². The summed E-state index contributed by atoms with van der Waals surface area (Å²) in [5.41, 5.74) is 1.81. The van der Waals surface area contributed by atoms with E-state index in [2.05, 4.69) is 31.4 Å². The third-order valence-electron chi connectivity index (χ3n) is 4.77. The first-order valence-corrected chi connectivity index (χ1v) is 9.33. The molecule has 7 nitrogen and oxygen atoms in total. The fraction of sp³-hybridized carbons (Fsp3) is 0.150. The molecule has 3 aromatic heterocycles. The van der Waals surface area contributed by atoms with Gasteiger partial charge in [-0.05, 0) is 25.0 Å². The fourth-order valence-corrected chi connectivity index (χ4v) is 3.45. The summed E-state index contributed by atoms with van der Waals surface area (Å²) in [6.07, 6.45) is 6.45. The Morgan fingerprint density at radius 1 is 1.24 bits per heavy atom. The Kier molecular flexibility index (Phi) is 4.11. The van der Waals surface area contributed by atoms with Gasteiger partial charge in [-0.2, -0.15) is 10.4 Å². The lowest BCUT2D eigenvalue weighted by atomic mass is 10.2. The minimum absolute atomic E-state index is 0.114. The first-order valence-electron chi connectivity index (χ1n) is 8.96. The molecule has 5 rings (SSSR count).